The lowest BCUT2D eigenvalue weighted by molar-refractivity contribution is -0.119. The monoisotopic (exact) mass is 381 g/mol. The van der Waals surface area contributed by atoms with Crippen molar-refractivity contribution < 1.29 is 4.79 Å². The first-order valence-corrected chi connectivity index (χ1v) is 9.57. The third-order valence-corrected chi connectivity index (χ3v) is 5.31. The molecule has 6 nitrogen and oxygen atoms in total. The fourth-order valence-electron chi connectivity index (χ4n) is 2.29. The van der Waals surface area contributed by atoms with Crippen LogP contribution in [-0.2, 0) is 4.79 Å². The predicted octanol–water partition coefficient (Wildman–Crippen LogP) is 2.99. The van der Waals surface area contributed by atoms with Crippen LogP contribution in [-0.4, -0.2) is 21.6 Å². The van der Waals surface area contributed by atoms with Crippen LogP contribution in [0.15, 0.2) is 59.2 Å². The summed E-state index contributed by atoms with van der Waals surface area (Å²) in [6.07, 6.45) is 1.36. The molecule has 0 saturated heterocycles. The molecule has 1 amide bonds. The number of hydrogen-bond acceptors (Lipinski definition) is 7. The van der Waals surface area contributed by atoms with Gasteiger partial charge in [-0.2, -0.15) is 5.26 Å². The van der Waals surface area contributed by atoms with Gasteiger partial charge in [-0.1, -0.05) is 48.2 Å². The number of rotatable bonds is 6. The van der Waals surface area contributed by atoms with E-state index in [1.807, 2.05) is 53.9 Å². The Labute approximate surface area is 159 Å². The number of hydrogen-bond donors (Lipinski definition) is 2. The average molecular weight is 381 g/mol. The Morgan fingerprint density at radius 3 is 2.77 bits per heavy atom. The number of nitrogens with two attached hydrogens (primary N) is 1. The maximum absolute atomic E-state index is 12.4. The third-order valence-electron chi connectivity index (χ3n) is 3.51. The van der Waals surface area contributed by atoms with Gasteiger partial charge in [0.15, 0.2) is 5.16 Å². The molecule has 2 heterocycles. The molecule has 0 spiro atoms. The fourth-order valence-corrected chi connectivity index (χ4v) is 3.72. The second-order valence-electron chi connectivity index (χ2n) is 5.28. The van der Waals surface area contributed by atoms with Crippen molar-refractivity contribution in [2.75, 3.05) is 11.5 Å². The molecule has 1 aromatic carbocycles. The number of carbonyl (C=O) groups excluding carboxylic acids is 1. The van der Waals surface area contributed by atoms with E-state index in [1.165, 1.54) is 18.0 Å². The molecule has 1 atom stereocenters. The van der Waals surface area contributed by atoms with Crippen LogP contribution in [0.2, 0.25) is 0 Å². The Bertz CT molecular complexity index is 923. The Morgan fingerprint density at radius 1 is 1.31 bits per heavy atom. The maximum Gasteiger partial charge on any atom is 0.231 e. The highest BCUT2D eigenvalue weighted by Gasteiger charge is 2.18. The van der Waals surface area contributed by atoms with E-state index >= 15 is 0 Å². The summed E-state index contributed by atoms with van der Waals surface area (Å²) >= 11 is 2.77. The molecule has 3 aromatic rings. The zero-order valence-corrected chi connectivity index (χ0v) is 15.3. The number of aromatic nitrogens is 2. The van der Waals surface area contributed by atoms with Crippen LogP contribution in [0, 0.1) is 11.3 Å². The minimum absolute atomic E-state index is 0.117. The van der Waals surface area contributed by atoms with Crippen molar-refractivity contribution >= 4 is 34.8 Å². The molecular formula is C18H15N5OS2. The summed E-state index contributed by atoms with van der Waals surface area (Å²) in [7, 11) is 0. The molecule has 0 bridgehead atoms. The standard InChI is InChI=1S/C18H15N5OS2/c19-9-13-10-21-18(23-17(13)20)26-11-15(24)22-16(14-7-4-8-25-14)12-5-2-1-3-6-12/h1-8,10,16H,11H2,(H,22,24)(H2,20,21,23). The van der Waals surface area contributed by atoms with E-state index in [1.54, 1.807) is 11.3 Å². The normalized spacial score (nSPS) is 11.5. The Kier molecular flexibility index (Phi) is 5.84. The van der Waals surface area contributed by atoms with Crippen molar-refractivity contribution in [3.05, 3.63) is 70.0 Å². The number of thiophene rings is 1. The summed E-state index contributed by atoms with van der Waals surface area (Å²) in [5, 5.41) is 14.3. The van der Waals surface area contributed by atoms with Crippen molar-refractivity contribution in [3.8, 4) is 6.07 Å². The number of nitrogen functional groups attached to an aromatic ring is 1. The molecule has 0 aliphatic carbocycles. The van der Waals surface area contributed by atoms with Gasteiger partial charge in [0.25, 0.3) is 0 Å². The van der Waals surface area contributed by atoms with E-state index in [9.17, 15) is 4.79 Å². The van der Waals surface area contributed by atoms with Crippen molar-refractivity contribution in [3.63, 3.8) is 0 Å². The van der Waals surface area contributed by atoms with E-state index in [0.29, 0.717) is 5.16 Å². The molecule has 1 unspecified atom stereocenters. The SMILES string of the molecule is N#Cc1cnc(SCC(=O)NC(c2ccccc2)c2cccs2)nc1N. The van der Waals surface area contributed by atoms with Crippen LogP contribution in [0.1, 0.15) is 22.0 Å². The van der Waals surface area contributed by atoms with Gasteiger partial charge in [0.1, 0.15) is 17.5 Å². The summed E-state index contributed by atoms with van der Waals surface area (Å²) in [5.74, 6) is 0.134. The zero-order valence-electron chi connectivity index (χ0n) is 13.6. The number of carbonyl (C=O) groups is 1. The number of anilines is 1. The van der Waals surface area contributed by atoms with Crippen molar-refractivity contribution in [1.82, 2.24) is 15.3 Å². The Hall–Kier alpha value is -2.89. The van der Waals surface area contributed by atoms with Crippen molar-refractivity contribution in [2.45, 2.75) is 11.2 Å². The van der Waals surface area contributed by atoms with Gasteiger partial charge in [0.2, 0.25) is 5.91 Å². The molecular weight excluding hydrogens is 366 g/mol. The van der Waals surface area contributed by atoms with E-state index in [-0.39, 0.29) is 29.1 Å². The largest absolute Gasteiger partial charge is 0.382 e. The summed E-state index contributed by atoms with van der Waals surface area (Å²) in [6, 6.07) is 15.5. The van der Waals surface area contributed by atoms with E-state index in [0.717, 1.165) is 10.4 Å². The molecule has 26 heavy (non-hydrogen) atoms. The summed E-state index contributed by atoms with van der Waals surface area (Å²) < 4.78 is 0. The highest BCUT2D eigenvalue weighted by atomic mass is 32.2. The average Bonchev–Trinajstić information content (AvgIpc) is 3.19. The molecule has 3 rings (SSSR count). The highest BCUT2D eigenvalue weighted by molar-refractivity contribution is 7.99. The first-order chi connectivity index (χ1) is 12.7. The van der Waals surface area contributed by atoms with Crippen molar-refractivity contribution in [2.24, 2.45) is 0 Å². The smallest absolute Gasteiger partial charge is 0.231 e. The fraction of sp³-hybridized carbons (Fsp3) is 0.111. The highest BCUT2D eigenvalue weighted by Crippen LogP contribution is 2.26. The van der Waals surface area contributed by atoms with Crippen LogP contribution in [0.25, 0.3) is 0 Å². The lowest BCUT2D eigenvalue weighted by atomic mass is 10.1. The lowest BCUT2D eigenvalue weighted by Crippen LogP contribution is -2.30. The summed E-state index contributed by atoms with van der Waals surface area (Å²) in [6.45, 7) is 0. The first kappa shape index (κ1) is 17.9. The van der Waals surface area contributed by atoms with Gasteiger partial charge in [-0.3, -0.25) is 4.79 Å². The molecule has 0 fully saturated rings. The van der Waals surface area contributed by atoms with Crippen LogP contribution >= 0.6 is 23.1 Å². The van der Waals surface area contributed by atoms with E-state index in [2.05, 4.69) is 15.3 Å². The molecule has 0 aliphatic rings. The third kappa shape index (κ3) is 4.39. The maximum atomic E-state index is 12.4. The molecule has 3 N–H and O–H groups in total. The number of nitrogens with zero attached hydrogens (tertiary/aromatic N) is 3. The van der Waals surface area contributed by atoms with Crippen LogP contribution < -0.4 is 11.1 Å². The van der Waals surface area contributed by atoms with Crippen LogP contribution in [0.3, 0.4) is 0 Å². The molecule has 0 aliphatic heterocycles. The lowest BCUT2D eigenvalue weighted by Gasteiger charge is -2.18. The zero-order chi connectivity index (χ0) is 18.4. The van der Waals surface area contributed by atoms with Gasteiger partial charge in [0.05, 0.1) is 18.0 Å². The predicted molar refractivity (Wildman–Crippen MR) is 103 cm³/mol. The first-order valence-electron chi connectivity index (χ1n) is 7.70. The number of nitrogens with one attached hydrogen (secondary N) is 1. The van der Waals surface area contributed by atoms with Gasteiger partial charge in [-0.05, 0) is 17.0 Å². The second-order valence-corrected chi connectivity index (χ2v) is 7.20. The van der Waals surface area contributed by atoms with Crippen molar-refractivity contribution in [1.29, 1.82) is 5.26 Å². The number of thioether (sulfide) groups is 1. The van der Waals surface area contributed by atoms with E-state index in [4.69, 9.17) is 11.0 Å². The van der Waals surface area contributed by atoms with Gasteiger partial charge in [-0.15, -0.1) is 11.3 Å². The Balaban J connectivity index is 1.67. The number of benzene rings is 1. The quantitative estimate of drug-likeness (QED) is 0.502. The number of nitriles is 1. The molecule has 0 saturated carbocycles. The van der Waals surface area contributed by atoms with Crippen LogP contribution in [0.4, 0.5) is 5.82 Å². The molecule has 8 heteroatoms. The number of amides is 1. The molecule has 2 aromatic heterocycles. The molecule has 0 radical (unpaired) electrons. The minimum Gasteiger partial charge on any atom is -0.382 e. The van der Waals surface area contributed by atoms with Crippen LogP contribution in [0.5, 0.6) is 0 Å². The van der Waals surface area contributed by atoms with E-state index < -0.39 is 0 Å². The van der Waals surface area contributed by atoms with Gasteiger partial charge >= 0.3 is 0 Å². The van der Waals surface area contributed by atoms with Gasteiger partial charge in [-0.25, -0.2) is 9.97 Å². The summed E-state index contributed by atoms with van der Waals surface area (Å²) in [5.41, 5.74) is 6.92. The Morgan fingerprint density at radius 2 is 2.12 bits per heavy atom. The molecule has 130 valence electrons. The summed E-state index contributed by atoms with van der Waals surface area (Å²) in [4.78, 5) is 21.6. The van der Waals surface area contributed by atoms with Gasteiger partial charge < -0.3 is 11.1 Å². The topological polar surface area (TPSA) is 105 Å². The second kappa shape index (κ2) is 8.47. The van der Waals surface area contributed by atoms with Gasteiger partial charge in [0, 0.05) is 4.88 Å². The minimum atomic E-state index is -0.198.